The van der Waals surface area contributed by atoms with Crippen LogP contribution in [-0.4, -0.2) is 100 Å². The van der Waals surface area contributed by atoms with Crippen molar-refractivity contribution in [3.63, 3.8) is 0 Å². The van der Waals surface area contributed by atoms with Gasteiger partial charge in [-0.2, -0.15) is 0 Å². The van der Waals surface area contributed by atoms with E-state index >= 15 is 0 Å². The van der Waals surface area contributed by atoms with Crippen LogP contribution in [-0.2, 0) is 33.4 Å². The van der Waals surface area contributed by atoms with Crippen molar-refractivity contribution in [2.45, 2.75) is 142 Å². The minimum atomic E-state index is -0.434. The fraction of sp³-hybridized carbons (Fsp3) is 0.640. The van der Waals surface area contributed by atoms with E-state index in [1.54, 1.807) is 0 Å². The van der Waals surface area contributed by atoms with E-state index in [2.05, 4.69) is 92.1 Å². The second-order valence-corrected chi connectivity index (χ2v) is 15.0. The van der Waals surface area contributed by atoms with Crippen molar-refractivity contribution in [1.82, 2.24) is 15.1 Å². The minimum absolute atomic E-state index is 0.0174. The number of hydrogen-bond acceptors (Lipinski definition) is 8. The van der Waals surface area contributed by atoms with Gasteiger partial charge in [-0.1, -0.05) is 125 Å². The second-order valence-electron chi connectivity index (χ2n) is 15.0. The summed E-state index contributed by atoms with van der Waals surface area (Å²) in [5.41, 5.74) is 0. The van der Waals surface area contributed by atoms with Crippen LogP contribution >= 0.6 is 0 Å². The molecule has 0 heterocycles. The quantitative estimate of drug-likeness (QED) is 0.0281. The summed E-state index contributed by atoms with van der Waals surface area (Å²) in [5, 5.41) is 2.70. The zero-order valence-electron chi connectivity index (χ0n) is 38.1. The summed E-state index contributed by atoms with van der Waals surface area (Å²) < 4.78 is 16.4. The molecule has 0 aliphatic heterocycles. The van der Waals surface area contributed by atoms with Gasteiger partial charge in [0.05, 0.1) is 26.3 Å². The SMILES string of the molecule is CC/C=C\C/C=C\C/C=C\CCCCCCCC(=O)OCCN(CCOC(=O)CCCCCCC/C=C\C/C=C\C/C=C\CC)C(=O)C=CC(=O)NCCOCCN(C)C. The Bertz CT molecular complexity index is 1210. The van der Waals surface area contributed by atoms with Gasteiger partial charge in [-0.15, -0.1) is 0 Å². The van der Waals surface area contributed by atoms with Crippen molar-refractivity contribution in [1.29, 1.82) is 0 Å². The molecule has 0 fully saturated rings. The molecule has 0 saturated heterocycles. The number of carbonyl (C=O) groups excluding carboxylic acids is 4. The van der Waals surface area contributed by atoms with Crippen LogP contribution in [0.1, 0.15) is 142 Å². The van der Waals surface area contributed by atoms with Crippen molar-refractivity contribution < 1.29 is 33.4 Å². The fourth-order valence-electron chi connectivity index (χ4n) is 5.70. The lowest BCUT2D eigenvalue weighted by Gasteiger charge is -2.21. The molecule has 0 aromatic rings. The first-order valence-corrected chi connectivity index (χ1v) is 23.0. The van der Waals surface area contributed by atoms with Crippen molar-refractivity contribution in [3.8, 4) is 0 Å². The highest BCUT2D eigenvalue weighted by Crippen LogP contribution is 2.10. The molecule has 60 heavy (non-hydrogen) atoms. The van der Waals surface area contributed by atoms with Crippen LogP contribution in [0.2, 0.25) is 0 Å². The molecule has 2 amide bonds. The standard InChI is InChI=1S/C50H83N3O7/c1-5-7-9-11-13-15-17-19-21-23-25-27-29-31-33-35-49(56)59-45-41-53(48(55)38-37-47(54)51-39-43-58-44-40-52(3)4)42-46-60-50(57)36-34-32-30-28-26-24-22-20-18-16-14-12-10-8-6-2/h7-10,13-16,19-22,37-38H,5-6,11-12,17-18,23-36,39-46H2,1-4H3,(H,51,54)/b9-7-,10-8-,15-13-,16-14-,21-19-,22-20-,38-37?. The molecule has 0 spiro atoms. The molecule has 10 nitrogen and oxygen atoms in total. The smallest absolute Gasteiger partial charge is 0.305 e. The molecule has 0 aliphatic carbocycles. The normalized spacial score (nSPS) is 12.2. The summed E-state index contributed by atoms with van der Waals surface area (Å²) in [5.74, 6) is -1.44. The third-order valence-electron chi connectivity index (χ3n) is 9.23. The Morgan fingerprint density at radius 3 is 1.38 bits per heavy atom. The van der Waals surface area contributed by atoms with Crippen molar-refractivity contribution in [2.75, 3.05) is 66.7 Å². The van der Waals surface area contributed by atoms with Crippen LogP contribution in [0.4, 0.5) is 0 Å². The summed E-state index contributed by atoms with van der Waals surface area (Å²) in [6.45, 7) is 6.59. The van der Waals surface area contributed by atoms with Gasteiger partial charge >= 0.3 is 11.9 Å². The Morgan fingerprint density at radius 2 is 0.917 bits per heavy atom. The third kappa shape index (κ3) is 42.1. The number of unbranched alkanes of at least 4 members (excludes halogenated alkanes) is 10. The van der Waals surface area contributed by atoms with Gasteiger partial charge in [0, 0.05) is 38.1 Å². The van der Waals surface area contributed by atoms with Crippen molar-refractivity contribution >= 4 is 23.8 Å². The first kappa shape index (κ1) is 56.0. The first-order chi connectivity index (χ1) is 29.3. The van der Waals surface area contributed by atoms with E-state index in [1.807, 2.05) is 19.0 Å². The lowest BCUT2D eigenvalue weighted by atomic mass is 10.1. The zero-order chi connectivity index (χ0) is 44.0. The predicted octanol–water partition coefficient (Wildman–Crippen LogP) is 10.3. The fourth-order valence-corrected chi connectivity index (χ4v) is 5.70. The van der Waals surface area contributed by atoms with E-state index in [0.717, 1.165) is 122 Å². The van der Waals surface area contributed by atoms with Gasteiger partial charge in [0.2, 0.25) is 11.8 Å². The van der Waals surface area contributed by atoms with Gasteiger partial charge in [0.15, 0.2) is 0 Å². The number of ether oxygens (including phenoxy) is 3. The number of rotatable bonds is 40. The molecule has 1 N–H and O–H groups in total. The number of esters is 2. The van der Waals surface area contributed by atoms with Gasteiger partial charge in [-0.05, 0) is 91.1 Å². The molecule has 0 aliphatic rings. The number of nitrogens with zero attached hydrogens (tertiary/aromatic N) is 2. The molecule has 0 rings (SSSR count). The van der Waals surface area contributed by atoms with E-state index in [4.69, 9.17) is 14.2 Å². The molecule has 0 saturated carbocycles. The Balaban J connectivity index is 4.52. The molecule has 0 aromatic heterocycles. The topological polar surface area (TPSA) is 114 Å². The van der Waals surface area contributed by atoms with Gasteiger partial charge < -0.3 is 29.3 Å². The van der Waals surface area contributed by atoms with E-state index in [1.165, 1.54) is 17.1 Å². The second kappa shape index (κ2) is 44.5. The lowest BCUT2D eigenvalue weighted by Crippen LogP contribution is -2.36. The summed E-state index contributed by atoms with van der Waals surface area (Å²) in [7, 11) is 3.92. The van der Waals surface area contributed by atoms with Crippen molar-refractivity contribution in [3.05, 3.63) is 85.1 Å². The van der Waals surface area contributed by atoms with Crippen LogP contribution in [0.3, 0.4) is 0 Å². The number of allylic oxidation sites excluding steroid dienone is 12. The largest absolute Gasteiger partial charge is 0.464 e. The number of hydrogen-bond donors (Lipinski definition) is 1. The molecule has 0 bridgehead atoms. The molecule has 10 heteroatoms. The maximum absolute atomic E-state index is 13.1. The maximum Gasteiger partial charge on any atom is 0.305 e. The molecule has 0 aromatic carbocycles. The Morgan fingerprint density at radius 1 is 0.483 bits per heavy atom. The highest BCUT2D eigenvalue weighted by Gasteiger charge is 2.14. The molecule has 0 atom stereocenters. The van der Waals surface area contributed by atoms with Crippen LogP contribution < -0.4 is 5.32 Å². The lowest BCUT2D eigenvalue weighted by molar-refractivity contribution is -0.146. The molecular weight excluding hydrogens is 755 g/mol. The number of amides is 2. The minimum Gasteiger partial charge on any atom is -0.464 e. The average Bonchev–Trinajstić information content (AvgIpc) is 3.23. The molecular formula is C50H83N3O7. The Labute approximate surface area is 365 Å². The van der Waals surface area contributed by atoms with E-state index < -0.39 is 11.8 Å². The van der Waals surface area contributed by atoms with Gasteiger partial charge in [0.1, 0.15) is 13.2 Å². The molecule has 340 valence electrons. The van der Waals surface area contributed by atoms with Gasteiger partial charge in [-0.25, -0.2) is 0 Å². The summed E-state index contributed by atoms with van der Waals surface area (Å²) in [6, 6.07) is 0. The van der Waals surface area contributed by atoms with Crippen LogP contribution in [0.25, 0.3) is 0 Å². The predicted molar refractivity (Wildman–Crippen MR) is 249 cm³/mol. The van der Waals surface area contributed by atoms with E-state index in [-0.39, 0.29) is 38.2 Å². The number of likely N-dealkylation sites (N-methyl/N-ethyl adjacent to an activating group) is 1. The summed E-state index contributed by atoms with van der Waals surface area (Å²) in [6.07, 6.45) is 47.9. The monoisotopic (exact) mass is 838 g/mol. The van der Waals surface area contributed by atoms with Crippen molar-refractivity contribution in [2.24, 2.45) is 0 Å². The Hall–Kier alpha value is -4.02. The van der Waals surface area contributed by atoms with Gasteiger partial charge in [-0.3, -0.25) is 19.2 Å². The average molecular weight is 838 g/mol. The van der Waals surface area contributed by atoms with Gasteiger partial charge in [0.25, 0.3) is 0 Å². The Kier molecular flexibility index (Phi) is 41.5. The highest BCUT2D eigenvalue weighted by atomic mass is 16.5. The maximum atomic E-state index is 13.1. The summed E-state index contributed by atoms with van der Waals surface area (Å²) in [4.78, 5) is 53.7. The van der Waals surface area contributed by atoms with Crippen LogP contribution in [0, 0.1) is 0 Å². The van der Waals surface area contributed by atoms with Crippen LogP contribution in [0.15, 0.2) is 85.1 Å². The summed E-state index contributed by atoms with van der Waals surface area (Å²) >= 11 is 0. The number of carbonyl (C=O) groups is 4. The third-order valence-corrected chi connectivity index (χ3v) is 9.23. The number of nitrogens with one attached hydrogen (secondary N) is 1. The van der Waals surface area contributed by atoms with E-state index in [9.17, 15) is 19.2 Å². The first-order valence-electron chi connectivity index (χ1n) is 23.0. The highest BCUT2D eigenvalue weighted by molar-refractivity contribution is 5.96. The molecule has 0 unspecified atom stereocenters. The zero-order valence-corrected chi connectivity index (χ0v) is 38.1. The van der Waals surface area contributed by atoms with E-state index in [0.29, 0.717) is 32.6 Å². The van der Waals surface area contributed by atoms with Crippen LogP contribution in [0.5, 0.6) is 0 Å². The molecule has 0 radical (unpaired) electrons.